The average Bonchev–Trinajstić information content (AvgIpc) is 3.04. The summed E-state index contributed by atoms with van der Waals surface area (Å²) < 4.78 is 28.0. The number of nitrogens with zero attached hydrogens (tertiary/aromatic N) is 2. The van der Waals surface area contributed by atoms with Crippen LogP contribution in [0.2, 0.25) is 0 Å². The van der Waals surface area contributed by atoms with E-state index in [1.54, 1.807) is 22.5 Å². The van der Waals surface area contributed by atoms with E-state index in [-0.39, 0.29) is 22.6 Å². The van der Waals surface area contributed by atoms with Gasteiger partial charge in [-0.1, -0.05) is 44.2 Å². The fourth-order valence-electron chi connectivity index (χ4n) is 4.20. The SMILES string of the molecule is CC(C)[C@H]1C(=O)Nc2ccc(S(=O)(=O)N3CCN(Cc4ccccc4)CC3)cc21. The summed E-state index contributed by atoms with van der Waals surface area (Å²) in [5.41, 5.74) is 2.74. The Hall–Kier alpha value is -2.22. The molecule has 7 heteroatoms. The number of nitrogens with one attached hydrogen (secondary N) is 1. The van der Waals surface area contributed by atoms with Crippen LogP contribution in [0.3, 0.4) is 0 Å². The summed E-state index contributed by atoms with van der Waals surface area (Å²) in [6.45, 7) is 7.13. The van der Waals surface area contributed by atoms with E-state index in [1.165, 1.54) is 5.56 Å². The lowest BCUT2D eigenvalue weighted by Crippen LogP contribution is -2.48. The lowest BCUT2D eigenvalue weighted by molar-refractivity contribution is -0.117. The van der Waals surface area contributed by atoms with Gasteiger partial charge in [-0.3, -0.25) is 9.69 Å². The zero-order valence-corrected chi connectivity index (χ0v) is 17.7. The van der Waals surface area contributed by atoms with Crippen LogP contribution in [0.25, 0.3) is 0 Å². The van der Waals surface area contributed by atoms with Gasteiger partial charge in [0, 0.05) is 38.4 Å². The van der Waals surface area contributed by atoms with Crippen molar-refractivity contribution in [1.82, 2.24) is 9.21 Å². The van der Waals surface area contributed by atoms with E-state index in [2.05, 4.69) is 22.3 Å². The van der Waals surface area contributed by atoms with Crippen molar-refractivity contribution in [1.29, 1.82) is 0 Å². The molecule has 4 rings (SSSR count). The molecule has 29 heavy (non-hydrogen) atoms. The van der Waals surface area contributed by atoms with Crippen molar-refractivity contribution >= 4 is 21.6 Å². The van der Waals surface area contributed by atoms with E-state index in [0.717, 1.165) is 17.8 Å². The number of anilines is 1. The molecule has 2 aromatic rings. The highest BCUT2D eigenvalue weighted by atomic mass is 32.2. The molecular weight excluding hydrogens is 386 g/mol. The van der Waals surface area contributed by atoms with Crippen LogP contribution in [0, 0.1) is 5.92 Å². The van der Waals surface area contributed by atoms with Crippen LogP contribution < -0.4 is 5.32 Å². The maximum atomic E-state index is 13.2. The van der Waals surface area contributed by atoms with Crippen molar-refractivity contribution in [2.45, 2.75) is 31.2 Å². The summed E-state index contributed by atoms with van der Waals surface area (Å²) in [6, 6.07) is 15.2. The van der Waals surface area contributed by atoms with Crippen LogP contribution in [0.15, 0.2) is 53.4 Å². The molecule has 0 radical (unpaired) electrons. The van der Waals surface area contributed by atoms with Crippen LogP contribution in [0.5, 0.6) is 0 Å². The van der Waals surface area contributed by atoms with Gasteiger partial charge >= 0.3 is 0 Å². The molecule has 1 fully saturated rings. The van der Waals surface area contributed by atoms with Gasteiger partial charge < -0.3 is 5.32 Å². The average molecular weight is 414 g/mol. The van der Waals surface area contributed by atoms with Crippen LogP contribution in [-0.4, -0.2) is 49.7 Å². The molecule has 0 unspecified atom stereocenters. The number of amides is 1. The summed E-state index contributed by atoms with van der Waals surface area (Å²) in [5, 5.41) is 2.86. The third-order valence-corrected chi connectivity index (χ3v) is 7.68. The van der Waals surface area contributed by atoms with Crippen LogP contribution >= 0.6 is 0 Å². The predicted molar refractivity (Wildman–Crippen MR) is 113 cm³/mol. The fraction of sp³-hybridized carbons (Fsp3) is 0.409. The maximum Gasteiger partial charge on any atom is 0.243 e. The zero-order valence-electron chi connectivity index (χ0n) is 16.8. The third kappa shape index (κ3) is 3.95. The summed E-state index contributed by atoms with van der Waals surface area (Å²) >= 11 is 0. The van der Waals surface area contributed by atoms with E-state index >= 15 is 0 Å². The smallest absolute Gasteiger partial charge is 0.243 e. The number of carbonyl (C=O) groups excluding carboxylic acids is 1. The Kier molecular flexibility index (Phi) is 5.46. The van der Waals surface area contributed by atoms with E-state index in [1.807, 2.05) is 32.0 Å². The number of piperazine rings is 1. The molecule has 1 saturated heterocycles. The van der Waals surface area contributed by atoms with Crippen LogP contribution in [-0.2, 0) is 21.4 Å². The highest BCUT2D eigenvalue weighted by Gasteiger charge is 2.35. The van der Waals surface area contributed by atoms with E-state index < -0.39 is 10.0 Å². The van der Waals surface area contributed by atoms with Gasteiger partial charge in [-0.15, -0.1) is 0 Å². The minimum atomic E-state index is -3.58. The Morgan fingerprint density at radius 1 is 1.03 bits per heavy atom. The largest absolute Gasteiger partial charge is 0.325 e. The van der Waals surface area contributed by atoms with Crippen molar-refractivity contribution in [2.24, 2.45) is 5.92 Å². The molecule has 2 heterocycles. The molecular formula is C22H27N3O3S. The molecule has 1 amide bonds. The van der Waals surface area contributed by atoms with Gasteiger partial charge in [-0.05, 0) is 35.2 Å². The van der Waals surface area contributed by atoms with Crippen LogP contribution in [0.4, 0.5) is 5.69 Å². The molecule has 2 aromatic carbocycles. The molecule has 0 bridgehead atoms. The molecule has 6 nitrogen and oxygen atoms in total. The Morgan fingerprint density at radius 2 is 1.72 bits per heavy atom. The van der Waals surface area contributed by atoms with Gasteiger partial charge in [0.15, 0.2) is 0 Å². The Balaban J connectivity index is 1.48. The highest BCUT2D eigenvalue weighted by Crippen LogP contribution is 2.38. The van der Waals surface area contributed by atoms with Gasteiger partial charge in [0.25, 0.3) is 0 Å². The first-order valence-electron chi connectivity index (χ1n) is 10.1. The molecule has 0 aromatic heterocycles. The van der Waals surface area contributed by atoms with Gasteiger partial charge in [-0.2, -0.15) is 4.31 Å². The second-order valence-electron chi connectivity index (χ2n) is 8.13. The van der Waals surface area contributed by atoms with Crippen molar-refractivity contribution < 1.29 is 13.2 Å². The molecule has 0 spiro atoms. The van der Waals surface area contributed by atoms with Gasteiger partial charge in [-0.25, -0.2) is 8.42 Å². The maximum absolute atomic E-state index is 13.2. The number of carbonyl (C=O) groups is 1. The molecule has 1 N–H and O–H groups in total. The number of sulfonamides is 1. The lowest BCUT2D eigenvalue weighted by atomic mass is 9.90. The van der Waals surface area contributed by atoms with Gasteiger partial charge in [0.1, 0.15) is 0 Å². The first-order valence-corrected chi connectivity index (χ1v) is 11.5. The number of fused-ring (bicyclic) bond motifs is 1. The van der Waals surface area contributed by atoms with E-state index in [0.29, 0.717) is 26.2 Å². The molecule has 2 aliphatic rings. The van der Waals surface area contributed by atoms with Crippen molar-refractivity contribution in [3.8, 4) is 0 Å². The van der Waals surface area contributed by atoms with Crippen LogP contribution in [0.1, 0.15) is 30.9 Å². The normalized spacial score (nSPS) is 20.7. The summed E-state index contributed by atoms with van der Waals surface area (Å²) in [6.07, 6.45) is 0. The topological polar surface area (TPSA) is 69.7 Å². The van der Waals surface area contributed by atoms with Crippen molar-refractivity contribution in [2.75, 3.05) is 31.5 Å². The Labute approximate surface area is 172 Å². The lowest BCUT2D eigenvalue weighted by Gasteiger charge is -2.34. The van der Waals surface area contributed by atoms with E-state index in [9.17, 15) is 13.2 Å². The van der Waals surface area contributed by atoms with Gasteiger partial charge in [0.2, 0.25) is 15.9 Å². The second kappa shape index (κ2) is 7.89. The first kappa shape index (κ1) is 20.1. The minimum Gasteiger partial charge on any atom is -0.325 e. The quantitative estimate of drug-likeness (QED) is 0.818. The second-order valence-corrected chi connectivity index (χ2v) is 10.1. The molecule has 154 valence electrons. The minimum absolute atomic E-state index is 0.0564. The summed E-state index contributed by atoms with van der Waals surface area (Å²) in [4.78, 5) is 14.8. The standard InChI is InChI=1S/C22H27N3O3S/c1-16(2)21-19-14-18(8-9-20(19)23-22(21)26)29(27,28)25-12-10-24(11-13-25)15-17-6-4-3-5-7-17/h3-9,14,16,21H,10-13,15H2,1-2H3,(H,23,26)/t21-/m1/s1. The Bertz CT molecular complexity index is 997. The third-order valence-electron chi connectivity index (χ3n) is 5.78. The zero-order chi connectivity index (χ0) is 20.6. The fourth-order valence-corrected chi connectivity index (χ4v) is 5.66. The number of hydrogen-bond acceptors (Lipinski definition) is 4. The van der Waals surface area contributed by atoms with E-state index in [4.69, 9.17) is 0 Å². The monoisotopic (exact) mass is 413 g/mol. The first-order chi connectivity index (χ1) is 13.9. The summed E-state index contributed by atoms with van der Waals surface area (Å²) in [7, 11) is -3.58. The molecule has 1 atom stereocenters. The number of benzene rings is 2. The predicted octanol–water partition coefficient (Wildman–Crippen LogP) is 2.88. The summed E-state index contributed by atoms with van der Waals surface area (Å²) in [5.74, 6) is -0.252. The highest BCUT2D eigenvalue weighted by molar-refractivity contribution is 7.89. The Morgan fingerprint density at radius 3 is 2.38 bits per heavy atom. The molecule has 0 saturated carbocycles. The number of hydrogen-bond donors (Lipinski definition) is 1. The molecule has 0 aliphatic carbocycles. The van der Waals surface area contributed by atoms with Crippen molar-refractivity contribution in [3.63, 3.8) is 0 Å². The number of rotatable bonds is 5. The van der Waals surface area contributed by atoms with Crippen molar-refractivity contribution in [3.05, 3.63) is 59.7 Å². The molecule has 2 aliphatic heterocycles. The van der Waals surface area contributed by atoms with Gasteiger partial charge in [0.05, 0.1) is 10.8 Å².